The Balaban J connectivity index is 2.79. The lowest BCUT2D eigenvalue weighted by Crippen LogP contribution is -2.43. The smallest absolute Gasteiger partial charge is 0.303 e. The van der Waals surface area contributed by atoms with E-state index in [0.29, 0.717) is 0 Å². The zero-order valence-electron chi connectivity index (χ0n) is 10.5. The molecule has 2 N–H and O–H groups in total. The van der Waals surface area contributed by atoms with Crippen molar-refractivity contribution < 1.29 is 18.3 Å². The second-order valence-corrected chi connectivity index (χ2v) is 6.42. The van der Waals surface area contributed by atoms with Crippen molar-refractivity contribution in [3.05, 3.63) is 12.4 Å². The van der Waals surface area contributed by atoms with Crippen LogP contribution in [0.25, 0.3) is 0 Å². The summed E-state index contributed by atoms with van der Waals surface area (Å²) in [5.41, 5.74) is -0.826. The highest BCUT2D eigenvalue weighted by molar-refractivity contribution is 7.89. The monoisotopic (exact) mass is 275 g/mol. The molecule has 0 aromatic carbocycles. The number of aliphatic carboxylic acids is 1. The van der Waals surface area contributed by atoms with E-state index in [-0.39, 0.29) is 17.7 Å². The van der Waals surface area contributed by atoms with Gasteiger partial charge in [-0.1, -0.05) is 0 Å². The maximum Gasteiger partial charge on any atom is 0.303 e. The van der Waals surface area contributed by atoms with Gasteiger partial charge in [0.1, 0.15) is 4.90 Å². The highest BCUT2D eigenvalue weighted by Crippen LogP contribution is 2.16. The number of rotatable bonds is 6. The van der Waals surface area contributed by atoms with Crippen molar-refractivity contribution in [2.24, 2.45) is 7.05 Å². The van der Waals surface area contributed by atoms with E-state index in [9.17, 15) is 13.2 Å². The number of aryl methyl sites for hydroxylation is 1. The Bertz CT molecular complexity index is 533. The van der Waals surface area contributed by atoms with Gasteiger partial charge in [-0.15, -0.1) is 0 Å². The zero-order valence-corrected chi connectivity index (χ0v) is 11.4. The fourth-order valence-electron chi connectivity index (χ4n) is 1.43. The molecule has 0 radical (unpaired) electrons. The first-order chi connectivity index (χ1) is 8.12. The van der Waals surface area contributed by atoms with Gasteiger partial charge in [0, 0.05) is 25.2 Å². The zero-order chi connectivity index (χ0) is 14.0. The first-order valence-corrected chi connectivity index (χ1v) is 6.85. The normalized spacial score (nSPS) is 12.6. The third-order valence-corrected chi connectivity index (χ3v) is 4.02. The Morgan fingerprint density at radius 1 is 1.56 bits per heavy atom. The Hall–Kier alpha value is -1.41. The molecule has 0 amide bonds. The lowest BCUT2D eigenvalue weighted by atomic mass is 10.0. The summed E-state index contributed by atoms with van der Waals surface area (Å²) < 4.78 is 27.8. The molecule has 1 rings (SSSR count). The van der Waals surface area contributed by atoms with Gasteiger partial charge in [0.05, 0.1) is 6.20 Å². The van der Waals surface area contributed by atoms with Crippen LogP contribution in [0.15, 0.2) is 17.3 Å². The highest BCUT2D eigenvalue weighted by Gasteiger charge is 2.27. The molecule has 7 nitrogen and oxygen atoms in total. The van der Waals surface area contributed by atoms with Crippen LogP contribution in [0, 0.1) is 0 Å². The Kier molecular flexibility index (Phi) is 4.12. The third-order valence-electron chi connectivity index (χ3n) is 2.37. The first-order valence-electron chi connectivity index (χ1n) is 5.37. The topological polar surface area (TPSA) is 101 Å². The lowest BCUT2D eigenvalue weighted by Gasteiger charge is -2.24. The molecule has 0 unspecified atom stereocenters. The standard InChI is InChI=1S/C10H17N3O4S/c1-10(2,5-4-9(14)15)12-18(16,17)8-6-11-13(3)7-8/h6-7,12H,4-5H2,1-3H3,(H,14,15). The van der Waals surface area contributed by atoms with Crippen molar-refractivity contribution in [1.82, 2.24) is 14.5 Å². The summed E-state index contributed by atoms with van der Waals surface area (Å²) in [7, 11) is -2.05. The van der Waals surface area contributed by atoms with Crippen molar-refractivity contribution >= 4 is 16.0 Å². The van der Waals surface area contributed by atoms with Crippen molar-refractivity contribution in [2.75, 3.05) is 0 Å². The van der Waals surface area contributed by atoms with Crippen molar-refractivity contribution in [2.45, 2.75) is 37.1 Å². The lowest BCUT2D eigenvalue weighted by molar-refractivity contribution is -0.137. The van der Waals surface area contributed by atoms with Gasteiger partial charge in [0.15, 0.2) is 0 Å². The van der Waals surface area contributed by atoms with E-state index in [1.54, 1.807) is 20.9 Å². The molecule has 0 spiro atoms. The van der Waals surface area contributed by atoms with Gasteiger partial charge < -0.3 is 5.11 Å². The van der Waals surface area contributed by atoms with E-state index in [1.165, 1.54) is 17.1 Å². The average Bonchev–Trinajstić information content (AvgIpc) is 2.61. The van der Waals surface area contributed by atoms with Gasteiger partial charge in [-0.3, -0.25) is 9.48 Å². The van der Waals surface area contributed by atoms with Crippen LogP contribution in [0.5, 0.6) is 0 Å². The van der Waals surface area contributed by atoms with Crippen molar-refractivity contribution in [3.8, 4) is 0 Å². The minimum atomic E-state index is -3.67. The van der Waals surface area contributed by atoms with E-state index in [4.69, 9.17) is 5.11 Å². The average molecular weight is 275 g/mol. The molecule has 0 saturated heterocycles. The van der Waals surface area contributed by atoms with Crippen LogP contribution >= 0.6 is 0 Å². The molecule has 0 bridgehead atoms. The van der Waals surface area contributed by atoms with E-state index in [2.05, 4.69) is 9.82 Å². The maximum atomic E-state index is 12.0. The summed E-state index contributed by atoms with van der Waals surface area (Å²) in [6.07, 6.45) is 2.75. The SMILES string of the molecule is Cn1cc(S(=O)(=O)NC(C)(C)CCC(=O)O)cn1. The number of nitrogens with one attached hydrogen (secondary N) is 1. The van der Waals surface area contributed by atoms with Crippen LogP contribution in [0.1, 0.15) is 26.7 Å². The Labute approximate surface area is 106 Å². The summed E-state index contributed by atoms with van der Waals surface area (Å²) in [6.45, 7) is 3.29. The molecule has 102 valence electrons. The van der Waals surface area contributed by atoms with Gasteiger partial charge in [-0.05, 0) is 20.3 Å². The molecule has 0 aliphatic heterocycles. The fourth-order valence-corrected chi connectivity index (χ4v) is 2.86. The predicted molar refractivity (Wildman–Crippen MR) is 64.5 cm³/mol. The van der Waals surface area contributed by atoms with Gasteiger partial charge in [-0.2, -0.15) is 5.10 Å². The molecule has 1 heterocycles. The van der Waals surface area contributed by atoms with Crippen LogP contribution in [-0.4, -0.2) is 34.8 Å². The molecular formula is C10H17N3O4S. The van der Waals surface area contributed by atoms with E-state index >= 15 is 0 Å². The van der Waals surface area contributed by atoms with E-state index in [0.717, 1.165) is 0 Å². The number of hydrogen-bond donors (Lipinski definition) is 2. The Morgan fingerprint density at radius 3 is 2.61 bits per heavy atom. The largest absolute Gasteiger partial charge is 0.481 e. The molecule has 0 atom stereocenters. The van der Waals surface area contributed by atoms with Crippen LogP contribution in [0.2, 0.25) is 0 Å². The highest BCUT2D eigenvalue weighted by atomic mass is 32.2. The molecular weight excluding hydrogens is 258 g/mol. The number of hydrogen-bond acceptors (Lipinski definition) is 4. The molecule has 18 heavy (non-hydrogen) atoms. The fraction of sp³-hybridized carbons (Fsp3) is 0.600. The predicted octanol–water partition coefficient (Wildman–Crippen LogP) is 0.342. The summed E-state index contributed by atoms with van der Waals surface area (Å²) in [6, 6.07) is 0. The molecule has 1 aromatic heterocycles. The van der Waals surface area contributed by atoms with Crippen LogP contribution in [0.3, 0.4) is 0 Å². The molecule has 0 aliphatic carbocycles. The minimum Gasteiger partial charge on any atom is -0.481 e. The first kappa shape index (κ1) is 14.7. The van der Waals surface area contributed by atoms with Crippen LogP contribution in [0.4, 0.5) is 0 Å². The van der Waals surface area contributed by atoms with Gasteiger partial charge in [0.25, 0.3) is 0 Å². The molecule has 8 heteroatoms. The molecule has 1 aromatic rings. The molecule has 0 saturated carbocycles. The minimum absolute atomic E-state index is 0.0633. The quantitative estimate of drug-likeness (QED) is 0.779. The molecule has 0 fully saturated rings. The second kappa shape index (κ2) is 5.07. The summed E-state index contributed by atoms with van der Waals surface area (Å²) in [5, 5.41) is 12.4. The summed E-state index contributed by atoms with van der Waals surface area (Å²) in [5.74, 6) is -0.955. The van der Waals surface area contributed by atoms with Gasteiger partial charge >= 0.3 is 5.97 Å². The van der Waals surface area contributed by atoms with E-state index in [1.807, 2.05) is 0 Å². The van der Waals surface area contributed by atoms with Crippen molar-refractivity contribution in [1.29, 1.82) is 0 Å². The summed E-state index contributed by atoms with van der Waals surface area (Å²) in [4.78, 5) is 10.6. The second-order valence-electron chi connectivity index (χ2n) is 4.73. The Morgan fingerprint density at radius 2 is 2.17 bits per heavy atom. The van der Waals surface area contributed by atoms with E-state index < -0.39 is 21.5 Å². The third kappa shape index (κ3) is 4.11. The summed E-state index contributed by atoms with van der Waals surface area (Å²) >= 11 is 0. The van der Waals surface area contributed by atoms with Crippen molar-refractivity contribution in [3.63, 3.8) is 0 Å². The number of carboxylic acid groups (broad SMARTS) is 1. The maximum absolute atomic E-state index is 12.0. The number of nitrogens with zero attached hydrogens (tertiary/aromatic N) is 2. The number of aromatic nitrogens is 2. The number of carboxylic acids is 1. The van der Waals surface area contributed by atoms with Crippen LogP contribution in [-0.2, 0) is 21.9 Å². The molecule has 0 aliphatic rings. The van der Waals surface area contributed by atoms with Crippen LogP contribution < -0.4 is 4.72 Å². The van der Waals surface area contributed by atoms with Gasteiger partial charge in [-0.25, -0.2) is 13.1 Å². The number of sulfonamides is 1. The number of carbonyl (C=O) groups is 1. The van der Waals surface area contributed by atoms with Gasteiger partial charge in [0.2, 0.25) is 10.0 Å².